The number of amides is 1. The summed E-state index contributed by atoms with van der Waals surface area (Å²) in [5.41, 5.74) is 0. The van der Waals surface area contributed by atoms with E-state index in [9.17, 15) is 19.8 Å². The Morgan fingerprint density at radius 1 is 0.475 bits per heavy atom. The molecule has 2 atom stereocenters. The molecule has 0 bridgehead atoms. The van der Waals surface area contributed by atoms with Crippen LogP contribution in [-0.4, -0.2) is 47.4 Å². The first-order chi connectivity index (χ1) is 29.0. The molecule has 0 aliphatic carbocycles. The van der Waals surface area contributed by atoms with E-state index in [1.165, 1.54) is 148 Å². The SMILES string of the molecule is CCCC/C=C\CCCCCCCC(=O)OCCCCC/C=C\C/C=C\CCCCCCCCCC(=O)NC(CO)C(O)CCCCCCCCCCCCCCCC. The van der Waals surface area contributed by atoms with E-state index in [0.717, 1.165) is 83.5 Å². The molecule has 0 aromatic carbocycles. The second kappa shape index (κ2) is 48.7. The highest BCUT2D eigenvalue weighted by Crippen LogP contribution is 2.16. The minimum absolute atomic E-state index is 0.0271. The molecular weight excluding hydrogens is 731 g/mol. The Balaban J connectivity index is 3.52. The van der Waals surface area contributed by atoms with E-state index >= 15 is 0 Å². The molecule has 6 heteroatoms. The summed E-state index contributed by atoms with van der Waals surface area (Å²) in [7, 11) is 0. The number of hydrogen-bond acceptors (Lipinski definition) is 5. The minimum Gasteiger partial charge on any atom is -0.466 e. The van der Waals surface area contributed by atoms with Crippen LogP contribution in [0.25, 0.3) is 0 Å². The van der Waals surface area contributed by atoms with Crippen LogP contribution in [-0.2, 0) is 14.3 Å². The molecule has 0 aromatic heterocycles. The van der Waals surface area contributed by atoms with Crippen molar-refractivity contribution in [1.82, 2.24) is 5.32 Å². The van der Waals surface area contributed by atoms with Gasteiger partial charge >= 0.3 is 5.97 Å². The molecule has 0 aliphatic heterocycles. The van der Waals surface area contributed by atoms with Crippen molar-refractivity contribution in [2.75, 3.05) is 13.2 Å². The Morgan fingerprint density at radius 3 is 1.36 bits per heavy atom. The lowest BCUT2D eigenvalue weighted by molar-refractivity contribution is -0.143. The molecule has 0 saturated carbocycles. The van der Waals surface area contributed by atoms with E-state index in [0.29, 0.717) is 25.9 Å². The highest BCUT2D eigenvalue weighted by atomic mass is 16.5. The molecular formula is C53H99NO5. The summed E-state index contributed by atoms with van der Waals surface area (Å²) >= 11 is 0. The average molecular weight is 830 g/mol. The third kappa shape index (κ3) is 45.4. The summed E-state index contributed by atoms with van der Waals surface area (Å²) in [5, 5.41) is 23.2. The van der Waals surface area contributed by atoms with E-state index in [1.807, 2.05) is 0 Å². The van der Waals surface area contributed by atoms with Crippen molar-refractivity contribution >= 4 is 11.9 Å². The molecule has 346 valence electrons. The van der Waals surface area contributed by atoms with E-state index in [2.05, 4.69) is 55.6 Å². The molecule has 0 aromatic rings. The van der Waals surface area contributed by atoms with E-state index in [4.69, 9.17) is 4.74 Å². The van der Waals surface area contributed by atoms with Gasteiger partial charge < -0.3 is 20.3 Å². The standard InChI is InChI=1S/C53H99NO5/c1-3-5-7-9-11-13-15-16-22-26-29-33-37-41-45-51(56)50(49-55)54-52(57)46-42-38-34-30-27-23-20-18-17-19-21-24-28-32-36-40-44-48-59-53(58)47-43-39-35-31-25-14-12-10-8-6-4-2/h10,12,17,19,24,28,50-51,55-56H,3-9,11,13-16,18,20-23,25-27,29-49H2,1-2H3,(H,54,57)/b12-10-,19-17-,28-24-. The lowest BCUT2D eigenvalue weighted by Crippen LogP contribution is -2.45. The molecule has 0 radical (unpaired) electrons. The van der Waals surface area contributed by atoms with E-state index < -0.39 is 12.1 Å². The van der Waals surface area contributed by atoms with Crippen molar-refractivity contribution in [1.29, 1.82) is 0 Å². The first-order valence-corrected chi connectivity index (χ1v) is 25.7. The van der Waals surface area contributed by atoms with Crippen molar-refractivity contribution in [3.63, 3.8) is 0 Å². The van der Waals surface area contributed by atoms with Gasteiger partial charge in [-0.25, -0.2) is 0 Å². The number of carbonyl (C=O) groups is 2. The van der Waals surface area contributed by atoms with Gasteiger partial charge in [0, 0.05) is 12.8 Å². The maximum atomic E-state index is 12.4. The van der Waals surface area contributed by atoms with Crippen LogP contribution in [0.1, 0.15) is 264 Å². The zero-order valence-corrected chi connectivity index (χ0v) is 39.2. The van der Waals surface area contributed by atoms with Crippen LogP contribution in [0.15, 0.2) is 36.5 Å². The molecule has 0 spiro atoms. The number of esters is 1. The summed E-state index contributed by atoms with van der Waals surface area (Å²) in [6.07, 6.45) is 58.3. The van der Waals surface area contributed by atoms with Crippen molar-refractivity contribution in [2.24, 2.45) is 0 Å². The first-order valence-electron chi connectivity index (χ1n) is 25.7. The Kier molecular flexibility index (Phi) is 47.2. The third-order valence-electron chi connectivity index (χ3n) is 11.7. The van der Waals surface area contributed by atoms with Gasteiger partial charge in [0.05, 0.1) is 25.4 Å². The first kappa shape index (κ1) is 57.1. The van der Waals surface area contributed by atoms with Crippen molar-refractivity contribution in [3.05, 3.63) is 36.5 Å². The molecule has 59 heavy (non-hydrogen) atoms. The van der Waals surface area contributed by atoms with Gasteiger partial charge in [0.2, 0.25) is 5.91 Å². The van der Waals surface area contributed by atoms with E-state index in [-0.39, 0.29) is 18.5 Å². The number of unbranched alkanes of at least 4 members (excludes halogenated alkanes) is 30. The zero-order chi connectivity index (χ0) is 43.0. The molecule has 1 amide bonds. The highest BCUT2D eigenvalue weighted by Gasteiger charge is 2.20. The number of aliphatic hydroxyl groups is 2. The Morgan fingerprint density at radius 2 is 0.864 bits per heavy atom. The van der Waals surface area contributed by atoms with Crippen LogP contribution in [0.2, 0.25) is 0 Å². The van der Waals surface area contributed by atoms with Gasteiger partial charge in [-0.2, -0.15) is 0 Å². The molecule has 3 N–H and O–H groups in total. The van der Waals surface area contributed by atoms with Crippen molar-refractivity contribution in [3.8, 4) is 0 Å². The van der Waals surface area contributed by atoms with Crippen molar-refractivity contribution in [2.45, 2.75) is 276 Å². The number of rotatable bonds is 47. The van der Waals surface area contributed by atoms with Crippen LogP contribution in [0.4, 0.5) is 0 Å². The van der Waals surface area contributed by atoms with Crippen LogP contribution >= 0.6 is 0 Å². The average Bonchev–Trinajstić information content (AvgIpc) is 3.24. The molecule has 2 unspecified atom stereocenters. The van der Waals surface area contributed by atoms with Crippen LogP contribution < -0.4 is 5.32 Å². The van der Waals surface area contributed by atoms with Gasteiger partial charge in [0.25, 0.3) is 0 Å². The van der Waals surface area contributed by atoms with Gasteiger partial charge in [-0.05, 0) is 83.5 Å². The third-order valence-corrected chi connectivity index (χ3v) is 11.7. The van der Waals surface area contributed by atoms with Crippen LogP contribution in [0.5, 0.6) is 0 Å². The van der Waals surface area contributed by atoms with Gasteiger partial charge in [-0.1, -0.05) is 204 Å². The summed E-state index contributed by atoms with van der Waals surface area (Å²) in [6.45, 7) is 4.86. The second-order valence-electron chi connectivity index (χ2n) is 17.5. The number of aliphatic hydroxyl groups excluding tert-OH is 2. The predicted octanol–water partition coefficient (Wildman–Crippen LogP) is 15.3. The van der Waals surface area contributed by atoms with Crippen LogP contribution in [0.3, 0.4) is 0 Å². The minimum atomic E-state index is -0.674. The Bertz CT molecular complexity index is 962. The van der Waals surface area contributed by atoms with E-state index in [1.54, 1.807) is 0 Å². The molecule has 0 rings (SSSR count). The molecule has 0 aliphatic rings. The maximum absolute atomic E-state index is 12.4. The molecule has 0 heterocycles. The smallest absolute Gasteiger partial charge is 0.305 e. The zero-order valence-electron chi connectivity index (χ0n) is 39.2. The number of allylic oxidation sites excluding steroid dienone is 6. The summed E-state index contributed by atoms with van der Waals surface area (Å²) < 4.78 is 5.42. The largest absolute Gasteiger partial charge is 0.466 e. The number of hydrogen-bond donors (Lipinski definition) is 3. The van der Waals surface area contributed by atoms with Gasteiger partial charge in [-0.15, -0.1) is 0 Å². The number of carbonyl (C=O) groups excluding carboxylic acids is 2. The maximum Gasteiger partial charge on any atom is 0.305 e. The normalized spacial score (nSPS) is 12.9. The Labute approximate surface area is 366 Å². The Hall–Kier alpha value is -1.92. The lowest BCUT2D eigenvalue weighted by Gasteiger charge is -2.22. The second-order valence-corrected chi connectivity index (χ2v) is 17.5. The lowest BCUT2D eigenvalue weighted by atomic mass is 10.0. The van der Waals surface area contributed by atoms with Gasteiger partial charge in [0.1, 0.15) is 0 Å². The highest BCUT2D eigenvalue weighted by molar-refractivity contribution is 5.76. The number of nitrogens with one attached hydrogen (secondary N) is 1. The monoisotopic (exact) mass is 830 g/mol. The summed E-state index contributed by atoms with van der Waals surface area (Å²) in [5.74, 6) is -0.0790. The molecule has 0 saturated heterocycles. The van der Waals surface area contributed by atoms with Crippen LogP contribution in [0, 0.1) is 0 Å². The summed E-state index contributed by atoms with van der Waals surface area (Å²) in [6, 6.07) is -0.553. The van der Waals surface area contributed by atoms with Crippen molar-refractivity contribution < 1.29 is 24.5 Å². The fraction of sp³-hybridized carbons (Fsp3) is 0.849. The quantitative estimate of drug-likeness (QED) is 0.0323. The predicted molar refractivity (Wildman–Crippen MR) is 255 cm³/mol. The fourth-order valence-corrected chi connectivity index (χ4v) is 7.65. The fourth-order valence-electron chi connectivity index (χ4n) is 7.65. The molecule has 0 fully saturated rings. The number of ether oxygens (including phenoxy) is 1. The van der Waals surface area contributed by atoms with Gasteiger partial charge in [0.15, 0.2) is 0 Å². The van der Waals surface area contributed by atoms with Gasteiger partial charge in [-0.3, -0.25) is 9.59 Å². The summed E-state index contributed by atoms with van der Waals surface area (Å²) in [4.78, 5) is 24.4. The topological polar surface area (TPSA) is 95.9 Å². The molecule has 6 nitrogen and oxygen atoms in total.